The van der Waals surface area contributed by atoms with Gasteiger partial charge in [-0.05, 0) is 6.92 Å². The van der Waals surface area contributed by atoms with Crippen LogP contribution in [0.5, 0.6) is 0 Å². The summed E-state index contributed by atoms with van der Waals surface area (Å²) in [5, 5.41) is 19.1. The molecule has 1 heterocycles. The lowest BCUT2D eigenvalue weighted by Gasteiger charge is -2.25. The van der Waals surface area contributed by atoms with Crippen LogP contribution in [-0.2, 0) is 14.2 Å². The third kappa shape index (κ3) is 2.70. The standard InChI is InChI=1S/C9H19BO5/c1-9(5-11)7(12)6(8(10)15-9)14-4-3-13-2/h6-8,11-12H,3-5,10H2,1-2H3/t6-,7+,8-,9-/m1/s1. The van der Waals surface area contributed by atoms with Crippen LogP contribution in [0.2, 0.25) is 0 Å². The quantitative estimate of drug-likeness (QED) is 0.417. The molecule has 6 heteroatoms. The average Bonchev–Trinajstić information content (AvgIpc) is 2.42. The van der Waals surface area contributed by atoms with Crippen molar-refractivity contribution >= 4 is 7.85 Å². The average molecular weight is 218 g/mol. The third-order valence-corrected chi connectivity index (χ3v) is 2.77. The van der Waals surface area contributed by atoms with E-state index in [0.717, 1.165) is 0 Å². The van der Waals surface area contributed by atoms with Gasteiger partial charge in [-0.3, -0.25) is 0 Å². The number of aliphatic hydroxyl groups is 2. The van der Waals surface area contributed by atoms with E-state index in [-0.39, 0.29) is 12.6 Å². The van der Waals surface area contributed by atoms with Crippen molar-refractivity contribution in [2.75, 3.05) is 26.9 Å². The molecule has 0 aliphatic carbocycles. The highest BCUT2D eigenvalue weighted by Crippen LogP contribution is 2.31. The molecule has 4 atom stereocenters. The molecule has 1 saturated heterocycles. The molecular weight excluding hydrogens is 199 g/mol. The van der Waals surface area contributed by atoms with Crippen LogP contribution in [0.4, 0.5) is 0 Å². The molecule has 1 aliphatic rings. The van der Waals surface area contributed by atoms with E-state index >= 15 is 0 Å². The molecule has 88 valence electrons. The van der Waals surface area contributed by atoms with Gasteiger partial charge in [-0.2, -0.15) is 0 Å². The van der Waals surface area contributed by atoms with E-state index in [1.54, 1.807) is 14.0 Å². The summed E-state index contributed by atoms with van der Waals surface area (Å²) in [6, 6.07) is -0.228. The van der Waals surface area contributed by atoms with Crippen molar-refractivity contribution in [2.24, 2.45) is 0 Å². The molecule has 0 aromatic rings. The topological polar surface area (TPSA) is 68.2 Å². The molecule has 1 rings (SSSR count). The van der Waals surface area contributed by atoms with Crippen LogP contribution in [-0.4, -0.2) is 68.8 Å². The first-order valence-electron chi connectivity index (χ1n) is 5.12. The molecule has 0 radical (unpaired) electrons. The molecule has 0 aromatic heterocycles. The smallest absolute Gasteiger partial charge is 0.142 e. The highest BCUT2D eigenvalue weighted by molar-refractivity contribution is 6.11. The predicted molar refractivity (Wildman–Crippen MR) is 56.5 cm³/mol. The summed E-state index contributed by atoms with van der Waals surface area (Å²) in [5.41, 5.74) is -0.919. The number of aliphatic hydroxyl groups excluding tert-OH is 2. The van der Waals surface area contributed by atoms with Gasteiger partial charge in [0, 0.05) is 7.11 Å². The lowest BCUT2D eigenvalue weighted by Crippen LogP contribution is -2.44. The van der Waals surface area contributed by atoms with Crippen LogP contribution in [0, 0.1) is 0 Å². The summed E-state index contributed by atoms with van der Waals surface area (Å²) < 4.78 is 15.8. The zero-order valence-corrected chi connectivity index (χ0v) is 9.47. The maximum absolute atomic E-state index is 9.93. The van der Waals surface area contributed by atoms with Crippen LogP contribution >= 0.6 is 0 Å². The Morgan fingerprint density at radius 2 is 2.13 bits per heavy atom. The van der Waals surface area contributed by atoms with Gasteiger partial charge >= 0.3 is 0 Å². The van der Waals surface area contributed by atoms with Gasteiger partial charge in [0.15, 0.2) is 0 Å². The molecule has 2 N–H and O–H groups in total. The van der Waals surface area contributed by atoms with Gasteiger partial charge in [-0.15, -0.1) is 0 Å². The minimum Gasteiger partial charge on any atom is -0.393 e. The van der Waals surface area contributed by atoms with Crippen LogP contribution < -0.4 is 0 Å². The van der Waals surface area contributed by atoms with Crippen molar-refractivity contribution < 1.29 is 24.4 Å². The molecular formula is C9H19BO5. The zero-order valence-electron chi connectivity index (χ0n) is 9.47. The van der Waals surface area contributed by atoms with Crippen LogP contribution in [0.15, 0.2) is 0 Å². The molecule has 1 aliphatic heterocycles. The summed E-state index contributed by atoms with van der Waals surface area (Å²) in [7, 11) is 3.41. The first kappa shape index (κ1) is 12.9. The normalized spacial score (nSPS) is 40.9. The fraction of sp³-hybridized carbons (Fsp3) is 1.00. The summed E-state index contributed by atoms with van der Waals surface area (Å²) in [6.07, 6.45) is -1.22. The van der Waals surface area contributed by atoms with E-state index in [2.05, 4.69) is 0 Å². The number of hydrogen-bond acceptors (Lipinski definition) is 5. The van der Waals surface area contributed by atoms with Crippen molar-refractivity contribution in [3.63, 3.8) is 0 Å². The largest absolute Gasteiger partial charge is 0.393 e. The van der Waals surface area contributed by atoms with Crippen molar-refractivity contribution in [2.45, 2.75) is 30.7 Å². The Labute approximate surface area is 90.7 Å². The molecule has 0 unspecified atom stereocenters. The number of rotatable bonds is 5. The molecule has 0 saturated carbocycles. The van der Waals surface area contributed by atoms with E-state index in [4.69, 9.17) is 19.3 Å². The first-order valence-corrected chi connectivity index (χ1v) is 5.12. The summed E-state index contributed by atoms with van der Waals surface area (Å²) in [5.74, 6) is 0. The Morgan fingerprint density at radius 3 is 2.60 bits per heavy atom. The van der Waals surface area contributed by atoms with E-state index in [0.29, 0.717) is 13.2 Å². The first-order chi connectivity index (χ1) is 7.05. The minimum absolute atomic E-state index is 0.220. The lowest BCUT2D eigenvalue weighted by molar-refractivity contribution is -0.0903. The SMILES string of the molecule is B[C@@H]1O[C@](C)(CO)[C@@H](O)[C@H]1OCCOC. The highest BCUT2D eigenvalue weighted by Gasteiger charge is 2.49. The Bertz CT molecular complexity index is 203. The predicted octanol–water partition coefficient (Wildman–Crippen LogP) is -1.88. The van der Waals surface area contributed by atoms with Gasteiger partial charge in [0.1, 0.15) is 25.7 Å². The number of ether oxygens (including phenoxy) is 3. The summed E-state index contributed by atoms with van der Waals surface area (Å²) in [4.78, 5) is 0. The van der Waals surface area contributed by atoms with Gasteiger partial charge in [-0.25, -0.2) is 0 Å². The Morgan fingerprint density at radius 1 is 1.47 bits per heavy atom. The van der Waals surface area contributed by atoms with Crippen LogP contribution in [0.3, 0.4) is 0 Å². The van der Waals surface area contributed by atoms with E-state index in [1.165, 1.54) is 0 Å². The number of methoxy groups -OCH3 is 1. The maximum Gasteiger partial charge on any atom is 0.142 e. The fourth-order valence-corrected chi connectivity index (χ4v) is 1.79. The van der Waals surface area contributed by atoms with Gasteiger partial charge in [0.2, 0.25) is 0 Å². The molecule has 5 nitrogen and oxygen atoms in total. The van der Waals surface area contributed by atoms with Crippen molar-refractivity contribution in [3.8, 4) is 0 Å². The van der Waals surface area contributed by atoms with Crippen LogP contribution in [0.1, 0.15) is 6.92 Å². The summed E-state index contributed by atoms with van der Waals surface area (Å²) >= 11 is 0. The van der Waals surface area contributed by atoms with Gasteiger partial charge in [0.05, 0.1) is 25.8 Å². The Hall–Kier alpha value is -0.135. The minimum atomic E-state index is -0.919. The van der Waals surface area contributed by atoms with Crippen molar-refractivity contribution in [3.05, 3.63) is 0 Å². The van der Waals surface area contributed by atoms with E-state index in [1.807, 2.05) is 7.85 Å². The molecule has 0 spiro atoms. The fourth-order valence-electron chi connectivity index (χ4n) is 1.79. The summed E-state index contributed by atoms with van der Waals surface area (Å²) in [6.45, 7) is 2.34. The van der Waals surface area contributed by atoms with Gasteiger partial charge < -0.3 is 24.4 Å². The molecule has 0 bridgehead atoms. The Kier molecular flexibility index (Phi) is 4.54. The lowest BCUT2D eigenvalue weighted by atomic mass is 9.90. The second-order valence-electron chi connectivity index (χ2n) is 4.07. The zero-order chi connectivity index (χ0) is 11.5. The monoisotopic (exact) mass is 218 g/mol. The highest BCUT2D eigenvalue weighted by atomic mass is 16.6. The van der Waals surface area contributed by atoms with Gasteiger partial charge in [0.25, 0.3) is 0 Å². The molecule has 15 heavy (non-hydrogen) atoms. The van der Waals surface area contributed by atoms with Crippen molar-refractivity contribution in [1.82, 2.24) is 0 Å². The van der Waals surface area contributed by atoms with Crippen molar-refractivity contribution in [1.29, 1.82) is 0 Å². The van der Waals surface area contributed by atoms with Crippen LogP contribution in [0.25, 0.3) is 0 Å². The molecule has 0 aromatic carbocycles. The van der Waals surface area contributed by atoms with Gasteiger partial charge in [-0.1, -0.05) is 0 Å². The maximum atomic E-state index is 9.93. The second-order valence-corrected chi connectivity index (χ2v) is 4.07. The Balaban J connectivity index is 2.51. The van der Waals surface area contributed by atoms with E-state index < -0.39 is 17.8 Å². The molecule has 0 amide bonds. The third-order valence-electron chi connectivity index (χ3n) is 2.77. The second kappa shape index (κ2) is 5.27. The number of hydrogen-bond donors (Lipinski definition) is 2. The van der Waals surface area contributed by atoms with E-state index in [9.17, 15) is 5.11 Å². The molecule has 1 fully saturated rings.